The fourth-order valence-electron chi connectivity index (χ4n) is 8.98. The minimum absolute atomic E-state index is 0.0999. The summed E-state index contributed by atoms with van der Waals surface area (Å²) in [6.45, 7) is 2.01. The summed E-state index contributed by atoms with van der Waals surface area (Å²) in [5.74, 6) is 0. The highest BCUT2D eigenvalue weighted by molar-refractivity contribution is 5.19. The van der Waals surface area contributed by atoms with E-state index >= 15 is 0 Å². The number of hydrogen-bond acceptors (Lipinski definition) is 11. The molecule has 0 saturated carbocycles. The van der Waals surface area contributed by atoms with Gasteiger partial charge in [0.05, 0.1) is 59.5 Å². The highest BCUT2D eigenvalue weighted by atomic mass is 16.8. The average Bonchev–Trinajstić information content (AvgIpc) is 3.43. The molecular weight excluding hydrogens is 909 g/mol. The summed E-state index contributed by atoms with van der Waals surface area (Å²) < 4.78 is 68.3. The molecule has 7 aromatic carbocycles. The lowest BCUT2D eigenvalue weighted by Gasteiger charge is -2.49. The van der Waals surface area contributed by atoms with E-state index in [2.05, 4.69) is 0 Å². The molecule has 2 saturated heterocycles. The molecule has 9 rings (SSSR count). The van der Waals surface area contributed by atoms with Crippen molar-refractivity contribution in [3.63, 3.8) is 0 Å². The number of aliphatic hydroxyl groups is 1. The molecule has 374 valence electrons. The summed E-state index contributed by atoms with van der Waals surface area (Å²) in [5.41, 5.74) is 6.77. The van der Waals surface area contributed by atoms with Gasteiger partial charge in [-0.15, -0.1) is 0 Å². The first-order valence-corrected chi connectivity index (χ1v) is 24.8. The van der Waals surface area contributed by atoms with E-state index < -0.39 is 61.4 Å². The van der Waals surface area contributed by atoms with Crippen LogP contribution in [0, 0.1) is 0 Å². The normalized spacial score (nSPS) is 24.2. The first-order chi connectivity index (χ1) is 35.6. The van der Waals surface area contributed by atoms with Crippen molar-refractivity contribution >= 4 is 0 Å². The summed E-state index contributed by atoms with van der Waals surface area (Å²) in [4.78, 5) is 0. The van der Waals surface area contributed by atoms with Gasteiger partial charge in [-0.3, -0.25) is 0 Å². The highest BCUT2D eigenvalue weighted by Crippen LogP contribution is 2.36. The zero-order valence-corrected chi connectivity index (χ0v) is 40.4. The van der Waals surface area contributed by atoms with Crippen molar-refractivity contribution in [3.05, 3.63) is 251 Å². The van der Waals surface area contributed by atoms with E-state index in [-0.39, 0.29) is 46.2 Å². The lowest BCUT2D eigenvalue weighted by atomic mass is 9.96. The van der Waals surface area contributed by atoms with Crippen molar-refractivity contribution in [2.24, 2.45) is 0 Å². The van der Waals surface area contributed by atoms with Crippen LogP contribution in [0.1, 0.15) is 38.9 Å². The van der Waals surface area contributed by atoms with Crippen molar-refractivity contribution in [3.8, 4) is 0 Å². The van der Waals surface area contributed by atoms with Crippen molar-refractivity contribution < 1.29 is 52.5 Å². The van der Waals surface area contributed by atoms with E-state index in [0.717, 1.165) is 38.9 Å². The van der Waals surface area contributed by atoms with Crippen LogP contribution in [0.25, 0.3) is 0 Å². The average molecular weight is 973 g/mol. The second-order valence-corrected chi connectivity index (χ2v) is 18.0. The third-order valence-corrected chi connectivity index (χ3v) is 12.7. The van der Waals surface area contributed by atoms with Crippen LogP contribution in [0.15, 0.2) is 212 Å². The van der Waals surface area contributed by atoms with Gasteiger partial charge in [0.1, 0.15) is 48.8 Å². The second kappa shape index (κ2) is 27.2. The fourth-order valence-corrected chi connectivity index (χ4v) is 8.98. The van der Waals surface area contributed by atoms with E-state index in [1.807, 2.05) is 212 Å². The first kappa shape index (κ1) is 51.0. The third kappa shape index (κ3) is 14.8. The smallest absolute Gasteiger partial charge is 0.187 e. The maximum atomic E-state index is 12.3. The van der Waals surface area contributed by atoms with E-state index in [4.69, 9.17) is 47.4 Å². The minimum Gasteiger partial charge on any atom is -0.374 e. The summed E-state index contributed by atoms with van der Waals surface area (Å²) in [6, 6.07) is 69.6. The van der Waals surface area contributed by atoms with Gasteiger partial charge < -0.3 is 52.5 Å². The Labute approximate surface area is 423 Å². The zero-order valence-electron chi connectivity index (χ0n) is 40.4. The molecule has 2 fully saturated rings. The zero-order chi connectivity index (χ0) is 49.0. The molecule has 72 heavy (non-hydrogen) atoms. The Kier molecular flexibility index (Phi) is 19.3. The molecule has 2 aliphatic rings. The molecule has 2 heterocycles. The lowest BCUT2D eigenvalue weighted by Crippen LogP contribution is -2.66. The Hall–Kier alpha value is -5.90. The Morgan fingerprint density at radius 3 is 0.889 bits per heavy atom. The van der Waals surface area contributed by atoms with Crippen LogP contribution in [0.5, 0.6) is 0 Å². The molecule has 0 spiro atoms. The molecule has 0 amide bonds. The molecule has 0 aliphatic carbocycles. The highest BCUT2D eigenvalue weighted by Gasteiger charge is 2.54. The molecule has 2 aliphatic heterocycles. The van der Waals surface area contributed by atoms with Crippen LogP contribution in [-0.2, 0) is 93.6 Å². The molecule has 7 aromatic rings. The minimum atomic E-state index is -1.52. The second-order valence-electron chi connectivity index (χ2n) is 18.0. The van der Waals surface area contributed by atoms with Gasteiger partial charge in [-0.2, -0.15) is 0 Å². The maximum absolute atomic E-state index is 12.3. The number of ether oxygens (including phenoxy) is 10. The summed E-state index contributed by atoms with van der Waals surface area (Å²) >= 11 is 0. The van der Waals surface area contributed by atoms with Crippen LogP contribution < -0.4 is 0 Å². The predicted molar refractivity (Wildman–Crippen MR) is 272 cm³/mol. The molecule has 11 nitrogen and oxygen atoms in total. The van der Waals surface area contributed by atoms with Gasteiger partial charge in [-0.05, 0) is 38.9 Å². The number of hydrogen-bond donors (Lipinski definition) is 1. The van der Waals surface area contributed by atoms with Crippen molar-refractivity contribution in [2.75, 3.05) is 13.2 Å². The molecule has 0 radical (unpaired) electrons. The van der Waals surface area contributed by atoms with Gasteiger partial charge in [-0.25, -0.2) is 0 Å². The molecule has 0 aromatic heterocycles. The summed E-state index contributed by atoms with van der Waals surface area (Å²) in [6.07, 6.45) is -9.48. The van der Waals surface area contributed by atoms with Crippen LogP contribution in [-0.4, -0.2) is 79.7 Å². The number of aliphatic hydroxyl groups excluding tert-OH is 1. The molecule has 6 unspecified atom stereocenters. The first-order valence-electron chi connectivity index (χ1n) is 24.8. The Morgan fingerprint density at radius 1 is 0.292 bits per heavy atom. The van der Waals surface area contributed by atoms with Crippen molar-refractivity contribution in [2.45, 2.75) is 108 Å². The van der Waals surface area contributed by atoms with E-state index in [1.165, 1.54) is 0 Å². The SMILES string of the molecule is O[C@H]1OC(COCc2ccccc2)[C@@H](OCc2ccccc2)C(OCc2ccccc2)C1O[C@@H]1OC(COCc2ccccc2)[C@@H](OCc2ccccc2)C(OCc2ccccc2)C1OCc1ccccc1. The van der Waals surface area contributed by atoms with Crippen LogP contribution >= 0.6 is 0 Å². The maximum Gasteiger partial charge on any atom is 0.187 e. The van der Waals surface area contributed by atoms with Crippen LogP contribution in [0.4, 0.5) is 0 Å². The standard InChI is InChI=1S/C61H64O11/c62-60-58(56(67-40-49-30-16-5-17-31-49)54(65-38-47-26-12-3-13-27-47)52(70-60)43-63-36-45-22-8-1-9-23-45)72-61-59(69-42-51-34-20-7-21-35-51)57(68-41-50-32-18-6-19-33-50)55(66-39-48-28-14-4-15-29-48)53(71-61)44-64-37-46-24-10-2-11-25-46/h1-35,52-62H,36-44H2/t52?,53?,54-,55-,56?,57?,58?,59?,60+,61+/m1/s1. The Morgan fingerprint density at radius 2 is 0.556 bits per heavy atom. The summed E-state index contributed by atoms with van der Waals surface area (Å²) in [5, 5.41) is 12.3. The van der Waals surface area contributed by atoms with E-state index in [1.54, 1.807) is 0 Å². The molecule has 11 heteroatoms. The number of rotatable bonds is 25. The quantitative estimate of drug-likeness (QED) is 0.0591. The van der Waals surface area contributed by atoms with Crippen LogP contribution in [0.3, 0.4) is 0 Å². The Balaban J connectivity index is 1.07. The van der Waals surface area contributed by atoms with Crippen LogP contribution in [0.2, 0.25) is 0 Å². The topological polar surface area (TPSA) is 113 Å². The Bertz CT molecular complexity index is 2550. The third-order valence-electron chi connectivity index (χ3n) is 12.7. The number of benzene rings is 7. The predicted octanol–water partition coefficient (Wildman–Crippen LogP) is 10.2. The lowest BCUT2D eigenvalue weighted by molar-refractivity contribution is -0.379. The molecule has 10 atom stereocenters. The van der Waals surface area contributed by atoms with E-state index in [0.29, 0.717) is 13.2 Å². The molecule has 1 N–H and O–H groups in total. The molecule has 0 bridgehead atoms. The van der Waals surface area contributed by atoms with Gasteiger partial charge in [0.2, 0.25) is 0 Å². The van der Waals surface area contributed by atoms with Gasteiger partial charge in [-0.1, -0.05) is 212 Å². The van der Waals surface area contributed by atoms with Gasteiger partial charge in [0, 0.05) is 0 Å². The fraction of sp³-hybridized carbons (Fsp3) is 0.311. The monoisotopic (exact) mass is 972 g/mol. The van der Waals surface area contributed by atoms with Gasteiger partial charge in [0.25, 0.3) is 0 Å². The molecular formula is C61H64O11. The van der Waals surface area contributed by atoms with Crippen molar-refractivity contribution in [1.29, 1.82) is 0 Å². The van der Waals surface area contributed by atoms with Gasteiger partial charge in [0.15, 0.2) is 12.6 Å². The summed E-state index contributed by atoms with van der Waals surface area (Å²) in [7, 11) is 0. The van der Waals surface area contributed by atoms with Gasteiger partial charge >= 0.3 is 0 Å². The largest absolute Gasteiger partial charge is 0.374 e. The van der Waals surface area contributed by atoms with Crippen molar-refractivity contribution in [1.82, 2.24) is 0 Å². The van der Waals surface area contributed by atoms with E-state index in [9.17, 15) is 5.11 Å².